The lowest BCUT2D eigenvalue weighted by atomic mass is 10.1. The van der Waals surface area contributed by atoms with Crippen molar-refractivity contribution in [2.24, 2.45) is 0 Å². The lowest BCUT2D eigenvalue weighted by Crippen LogP contribution is -2.54. The molecule has 1 N–H and O–H groups in total. The van der Waals surface area contributed by atoms with Gasteiger partial charge < -0.3 is 15.0 Å². The van der Waals surface area contributed by atoms with Gasteiger partial charge in [0.2, 0.25) is 5.91 Å². The van der Waals surface area contributed by atoms with Gasteiger partial charge >= 0.3 is 0 Å². The third kappa shape index (κ3) is 3.80. The molecule has 0 saturated carbocycles. The number of hydrogen-bond donors (Lipinski definition) is 1. The fourth-order valence-corrected chi connectivity index (χ4v) is 1.83. The molecule has 1 unspecified atom stereocenters. The molecule has 4 heteroatoms. The maximum absolute atomic E-state index is 11.8. The Balaban J connectivity index is 2.24. The Morgan fingerprint density at radius 1 is 1.53 bits per heavy atom. The van der Waals surface area contributed by atoms with Gasteiger partial charge in [-0.05, 0) is 19.8 Å². The van der Waals surface area contributed by atoms with Gasteiger partial charge in [-0.15, -0.1) is 0 Å². The molecule has 0 radical (unpaired) electrons. The summed E-state index contributed by atoms with van der Waals surface area (Å²) in [4.78, 5) is 13.8. The third-order valence-electron chi connectivity index (χ3n) is 2.71. The molecule has 1 aliphatic rings. The van der Waals surface area contributed by atoms with Crippen molar-refractivity contribution in [1.29, 1.82) is 0 Å². The molecule has 0 aromatic rings. The predicted molar refractivity (Wildman–Crippen MR) is 59.8 cm³/mol. The number of ether oxygens (including phenoxy) is 1. The van der Waals surface area contributed by atoms with Crippen LogP contribution in [0.25, 0.3) is 0 Å². The van der Waals surface area contributed by atoms with Crippen LogP contribution in [0.3, 0.4) is 0 Å². The highest BCUT2D eigenvalue weighted by Gasteiger charge is 2.25. The Labute approximate surface area is 92.0 Å². The first-order valence-corrected chi connectivity index (χ1v) is 5.89. The lowest BCUT2D eigenvalue weighted by Gasteiger charge is -2.32. The summed E-state index contributed by atoms with van der Waals surface area (Å²) in [7, 11) is 0. The molecule has 1 atom stereocenters. The van der Waals surface area contributed by atoms with Crippen LogP contribution in [-0.2, 0) is 9.53 Å². The van der Waals surface area contributed by atoms with Gasteiger partial charge in [-0.1, -0.05) is 6.92 Å². The van der Waals surface area contributed by atoms with Gasteiger partial charge in [-0.25, -0.2) is 0 Å². The third-order valence-corrected chi connectivity index (χ3v) is 2.71. The van der Waals surface area contributed by atoms with Crippen molar-refractivity contribution in [3.63, 3.8) is 0 Å². The summed E-state index contributed by atoms with van der Waals surface area (Å²) in [5, 5.41) is 3.23. The summed E-state index contributed by atoms with van der Waals surface area (Å²) < 4.78 is 5.26. The van der Waals surface area contributed by atoms with Gasteiger partial charge in [-0.3, -0.25) is 4.79 Å². The first-order chi connectivity index (χ1) is 7.29. The number of carbonyl (C=O) groups excluding carboxylic acids is 1. The number of amides is 1. The van der Waals surface area contributed by atoms with Gasteiger partial charge in [0.25, 0.3) is 0 Å². The summed E-state index contributed by atoms with van der Waals surface area (Å²) in [5.74, 6) is 0.250. The van der Waals surface area contributed by atoms with Crippen LogP contribution in [0.1, 0.15) is 26.7 Å². The van der Waals surface area contributed by atoms with E-state index < -0.39 is 0 Å². The average Bonchev–Trinajstić information content (AvgIpc) is 2.26. The van der Waals surface area contributed by atoms with Crippen LogP contribution in [0, 0.1) is 0 Å². The zero-order chi connectivity index (χ0) is 11.1. The summed E-state index contributed by atoms with van der Waals surface area (Å²) in [6.45, 7) is 8.12. The smallest absolute Gasteiger partial charge is 0.239 e. The molecule has 0 aromatic heterocycles. The molecule has 1 heterocycles. The SMILES string of the molecule is CCOCCCN1CCNC(CC)C1=O. The van der Waals surface area contributed by atoms with Crippen molar-refractivity contribution in [3.8, 4) is 0 Å². The molecule has 1 aliphatic heterocycles. The van der Waals surface area contributed by atoms with Gasteiger partial charge in [0.05, 0.1) is 6.04 Å². The molecule has 15 heavy (non-hydrogen) atoms. The molecule has 88 valence electrons. The zero-order valence-electron chi connectivity index (χ0n) is 9.79. The van der Waals surface area contributed by atoms with E-state index in [-0.39, 0.29) is 11.9 Å². The fourth-order valence-electron chi connectivity index (χ4n) is 1.83. The van der Waals surface area contributed by atoms with Gasteiger partial charge in [0.15, 0.2) is 0 Å². The van der Waals surface area contributed by atoms with Crippen molar-refractivity contribution in [1.82, 2.24) is 10.2 Å². The molecule has 1 rings (SSSR count). The van der Waals surface area contributed by atoms with E-state index in [0.29, 0.717) is 0 Å². The minimum atomic E-state index is 0.0332. The number of rotatable bonds is 6. The normalized spacial score (nSPS) is 22.1. The van der Waals surface area contributed by atoms with Crippen LogP contribution in [0.15, 0.2) is 0 Å². The summed E-state index contributed by atoms with van der Waals surface area (Å²) in [5.41, 5.74) is 0. The van der Waals surface area contributed by atoms with Crippen LogP contribution < -0.4 is 5.32 Å². The van der Waals surface area contributed by atoms with E-state index >= 15 is 0 Å². The van der Waals surface area contributed by atoms with Gasteiger partial charge in [-0.2, -0.15) is 0 Å². The van der Waals surface area contributed by atoms with E-state index in [9.17, 15) is 4.79 Å². The molecule has 0 aliphatic carbocycles. The summed E-state index contributed by atoms with van der Waals surface area (Å²) in [6, 6.07) is 0.0332. The van der Waals surface area contributed by atoms with E-state index in [1.807, 2.05) is 18.7 Å². The molecule has 1 saturated heterocycles. The highest BCUT2D eigenvalue weighted by atomic mass is 16.5. The molecule has 4 nitrogen and oxygen atoms in total. The Bertz CT molecular complexity index is 197. The molecule has 0 spiro atoms. The highest BCUT2D eigenvalue weighted by Crippen LogP contribution is 2.05. The number of piperazine rings is 1. The first-order valence-electron chi connectivity index (χ1n) is 5.89. The van der Waals surface area contributed by atoms with Crippen molar-refractivity contribution < 1.29 is 9.53 Å². The fraction of sp³-hybridized carbons (Fsp3) is 0.909. The maximum Gasteiger partial charge on any atom is 0.239 e. The lowest BCUT2D eigenvalue weighted by molar-refractivity contribution is -0.135. The topological polar surface area (TPSA) is 41.6 Å². The second-order valence-electron chi connectivity index (χ2n) is 3.79. The van der Waals surface area contributed by atoms with Crippen LogP contribution in [0.2, 0.25) is 0 Å². The Morgan fingerprint density at radius 3 is 3.00 bits per heavy atom. The number of nitrogens with one attached hydrogen (secondary N) is 1. The van der Waals surface area contributed by atoms with Crippen LogP contribution >= 0.6 is 0 Å². The van der Waals surface area contributed by atoms with E-state index in [0.717, 1.165) is 45.7 Å². The van der Waals surface area contributed by atoms with Crippen molar-refractivity contribution in [3.05, 3.63) is 0 Å². The second kappa shape index (κ2) is 6.80. The first kappa shape index (κ1) is 12.5. The van der Waals surface area contributed by atoms with Gasteiger partial charge in [0.1, 0.15) is 0 Å². The predicted octanol–water partition coefficient (Wildman–Crippen LogP) is 0.623. The number of hydrogen-bond acceptors (Lipinski definition) is 3. The summed E-state index contributed by atoms with van der Waals surface area (Å²) in [6.07, 6.45) is 1.82. The quantitative estimate of drug-likeness (QED) is 0.659. The van der Waals surface area contributed by atoms with Crippen LogP contribution in [-0.4, -0.2) is 49.7 Å². The molecule has 0 aromatic carbocycles. The Hall–Kier alpha value is -0.610. The van der Waals surface area contributed by atoms with Crippen LogP contribution in [0.5, 0.6) is 0 Å². The highest BCUT2D eigenvalue weighted by molar-refractivity contribution is 5.82. The largest absolute Gasteiger partial charge is 0.382 e. The minimum absolute atomic E-state index is 0.0332. The minimum Gasteiger partial charge on any atom is -0.382 e. The molecule has 0 bridgehead atoms. The zero-order valence-corrected chi connectivity index (χ0v) is 9.79. The van der Waals surface area contributed by atoms with Crippen molar-refractivity contribution in [2.75, 3.05) is 32.8 Å². The molecular formula is C11H22N2O2. The Kier molecular flexibility index (Phi) is 5.65. The van der Waals surface area contributed by atoms with E-state index in [4.69, 9.17) is 4.74 Å². The van der Waals surface area contributed by atoms with Crippen molar-refractivity contribution >= 4 is 5.91 Å². The Morgan fingerprint density at radius 2 is 2.33 bits per heavy atom. The molecular weight excluding hydrogens is 192 g/mol. The second-order valence-corrected chi connectivity index (χ2v) is 3.79. The van der Waals surface area contributed by atoms with E-state index in [1.165, 1.54) is 0 Å². The molecule has 1 fully saturated rings. The van der Waals surface area contributed by atoms with E-state index in [2.05, 4.69) is 5.32 Å². The molecule has 1 amide bonds. The number of carbonyl (C=O) groups is 1. The van der Waals surface area contributed by atoms with Crippen LogP contribution in [0.4, 0.5) is 0 Å². The number of nitrogens with zero attached hydrogens (tertiary/aromatic N) is 1. The standard InChI is InChI=1S/C11H22N2O2/c1-3-10-11(14)13(8-6-12-10)7-5-9-15-4-2/h10,12H,3-9H2,1-2H3. The monoisotopic (exact) mass is 214 g/mol. The average molecular weight is 214 g/mol. The maximum atomic E-state index is 11.8. The van der Waals surface area contributed by atoms with E-state index in [1.54, 1.807) is 0 Å². The summed E-state index contributed by atoms with van der Waals surface area (Å²) >= 11 is 0. The van der Waals surface area contributed by atoms with Crippen molar-refractivity contribution in [2.45, 2.75) is 32.7 Å². The van der Waals surface area contributed by atoms with Gasteiger partial charge in [0, 0.05) is 32.8 Å².